The monoisotopic (exact) mass is 277 g/mol. The molecule has 0 aliphatic carbocycles. The van der Waals surface area contributed by atoms with Crippen LogP contribution in [0.4, 0.5) is 0 Å². The molecule has 1 aliphatic heterocycles. The Hall–Kier alpha value is -0.650. The molecular weight excluding hydrogens is 254 g/mol. The third-order valence-corrected chi connectivity index (χ3v) is 2.94. The quantitative estimate of drug-likeness (QED) is 0.701. The van der Waals surface area contributed by atoms with Gasteiger partial charge in [0, 0.05) is 0 Å². The van der Waals surface area contributed by atoms with E-state index >= 15 is 0 Å². The first kappa shape index (κ1) is 17.4. The van der Waals surface area contributed by atoms with Crippen LogP contribution in [0.3, 0.4) is 0 Å². The predicted molar refractivity (Wildman–Crippen MR) is 73.5 cm³/mol. The highest BCUT2D eigenvalue weighted by Crippen LogP contribution is 2.07. The second-order valence-electron chi connectivity index (χ2n) is 5.09. The summed E-state index contributed by atoms with van der Waals surface area (Å²) < 4.78 is 0. The van der Waals surface area contributed by atoms with Gasteiger partial charge in [-0.3, -0.25) is 14.9 Å². The molecule has 2 amide bonds. The van der Waals surface area contributed by atoms with Gasteiger partial charge in [0.2, 0.25) is 11.8 Å². The van der Waals surface area contributed by atoms with Gasteiger partial charge in [-0.15, -0.1) is 12.4 Å². The molecule has 1 heterocycles. The minimum Gasteiger partial charge on any atom is -0.320 e. The molecule has 4 N–H and O–H groups in total. The highest BCUT2D eigenvalue weighted by Gasteiger charge is 2.24. The lowest BCUT2D eigenvalue weighted by Crippen LogP contribution is -2.52. The van der Waals surface area contributed by atoms with Crippen LogP contribution in [0.15, 0.2) is 0 Å². The normalized spacial score (nSPS) is 21.0. The number of imide groups is 1. The summed E-state index contributed by atoms with van der Waals surface area (Å²) in [6.07, 6.45) is 3.50. The Labute approximate surface area is 115 Å². The molecule has 0 spiro atoms. The first-order valence-corrected chi connectivity index (χ1v) is 6.34. The van der Waals surface area contributed by atoms with Crippen molar-refractivity contribution in [3.05, 3.63) is 0 Å². The van der Waals surface area contributed by atoms with E-state index in [1.54, 1.807) is 0 Å². The van der Waals surface area contributed by atoms with E-state index in [0.717, 1.165) is 25.8 Å². The molecular formula is C12H24ClN3O2. The van der Waals surface area contributed by atoms with E-state index in [2.05, 4.69) is 10.6 Å². The van der Waals surface area contributed by atoms with Gasteiger partial charge in [0.25, 0.3) is 0 Å². The van der Waals surface area contributed by atoms with Crippen LogP contribution in [0, 0.1) is 5.92 Å². The molecule has 2 atom stereocenters. The summed E-state index contributed by atoms with van der Waals surface area (Å²) in [6.45, 7) is 4.83. The Morgan fingerprint density at radius 3 is 2.56 bits per heavy atom. The van der Waals surface area contributed by atoms with Crippen molar-refractivity contribution >= 4 is 24.2 Å². The van der Waals surface area contributed by atoms with Gasteiger partial charge < -0.3 is 11.1 Å². The molecule has 0 saturated carbocycles. The molecule has 106 valence electrons. The lowest BCUT2D eigenvalue weighted by Gasteiger charge is -2.23. The third kappa shape index (κ3) is 5.80. The average Bonchev–Trinajstić information content (AvgIpc) is 2.29. The average molecular weight is 278 g/mol. The number of amides is 2. The molecule has 18 heavy (non-hydrogen) atoms. The van der Waals surface area contributed by atoms with E-state index < -0.39 is 6.04 Å². The second-order valence-corrected chi connectivity index (χ2v) is 5.09. The first-order chi connectivity index (χ1) is 8.00. The van der Waals surface area contributed by atoms with E-state index in [1.807, 2.05) is 13.8 Å². The van der Waals surface area contributed by atoms with E-state index in [4.69, 9.17) is 5.73 Å². The molecule has 6 heteroatoms. The van der Waals surface area contributed by atoms with Crippen LogP contribution in [0.5, 0.6) is 0 Å². The zero-order valence-electron chi connectivity index (χ0n) is 11.1. The molecule has 1 unspecified atom stereocenters. The summed E-state index contributed by atoms with van der Waals surface area (Å²) in [5.41, 5.74) is 5.71. The number of nitrogens with two attached hydrogens (primary N) is 1. The second kappa shape index (κ2) is 8.45. The van der Waals surface area contributed by atoms with Crippen molar-refractivity contribution in [3.63, 3.8) is 0 Å². The van der Waals surface area contributed by atoms with E-state index in [1.165, 1.54) is 0 Å². The summed E-state index contributed by atoms with van der Waals surface area (Å²) >= 11 is 0. The van der Waals surface area contributed by atoms with Gasteiger partial charge in [0.1, 0.15) is 0 Å². The number of carbonyl (C=O) groups excluding carboxylic acids is 2. The first-order valence-electron chi connectivity index (χ1n) is 6.34. The van der Waals surface area contributed by atoms with E-state index in [-0.39, 0.29) is 30.3 Å². The Balaban J connectivity index is 0.00000289. The molecule has 1 saturated heterocycles. The van der Waals surface area contributed by atoms with Crippen LogP contribution in [0.1, 0.15) is 39.5 Å². The van der Waals surface area contributed by atoms with Crippen molar-refractivity contribution in [2.45, 2.75) is 51.6 Å². The molecule has 5 nitrogen and oxygen atoms in total. The molecule has 1 aliphatic rings. The van der Waals surface area contributed by atoms with Gasteiger partial charge in [-0.1, -0.05) is 20.3 Å². The maximum absolute atomic E-state index is 11.7. The topological polar surface area (TPSA) is 84.2 Å². The number of hydrogen-bond acceptors (Lipinski definition) is 4. The summed E-state index contributed by atoms with van der Waals surface area (Å²) in [4.78, 5) is 23.4. The van der Waals surface area contributed by atoms with Crippen molar-refractivity contribution < 1.29 is 9.59 Å². The Morgan fingerprint density at radius 2 is 2.06 bits per heavy atom. The fraction of sp³-hybridized carbons (Fsp3) is 0.833. The number of rotatable bonds is 4. The molecule has 0 aromatic rings. The Morgan fingerprint density at radius 1 is 1.39 bits per heavy atom. The highest BCUT2D eigenvalue weighted by atomic mass is 35.5. The van der Waals surface area contributed by atoms with Crippen molar-refractivity contribution in [3.8, 4) is 0 Å². The Bertz CT molecular complexity index is 278. The Kier molecular flexibility index (Phi) is 8.15. The fourth-order valence-corrected chi connectivity index (χ4v) is 1.99. The van der Waals surface area contributed by atoms with Gasteiger partial charge in [-0.25, -0.2) is 0 Å². The summed E-state index contributed by atoms with van der Waals surface area (Å²) in [7, 11) is 0. The van der Waals surface area contributed by atoms with Crippen LogP contribution in [0.2, 0.25) is 0 Å². The van der Waals surface area contributed by atoms with Crippen molar-refractivity contribution in [1.29, 1.82) is 0 Å². The third-order valence-electron chi connectivity index (χ3n) is 2.94. The molecule has 1 fully saturated rings. The maximum atomic E-state index is 11.7. The van der Waals surface area contributed by atoms with Gasteiger partial charge in [-0.2, -0.15) is 0 Å². The smallest absolute Gasteiger partial charge is 0.243 e. The largest absolute Gasteiger partial charge is 0.320 e. The van der Waals surface area contributed by atoms with Crippen molar-refractivity contribution in [1.82, 2.24) is 10.6 Å². The zero-order valence-corrected chi connectivity index (χ0v) is 11.9. The van der Waals surface area contributed by atoms with Crippen molar-refractivity contribution in [2.75, 3.05) is 6.54 Å². The van der Waals surface area contributed by atoms with Crippen LogP contribution < -0.4 is 16.4 Å². The molecule has 0 radical (unpaired) electrons. The highest BCUT2D eigenvalue weighted by molar-refractivity contribution is 5.99. The van der Waals surface area contributed by atoms with Gasteiger partial charge >= 0.3 is 0 Å². The number of hydrogen-bond donors (Lipinski definition) is 3. The molecule has 0 bridgehead atoms. The minimum absolute atomic E-state index is 0. The van der Waals surface area contributed by atoms with Crippen LogP contribution in [0.25, 0.3) is 0 Å². The van der Waals surface area contributed by atoms with Gasteiger partial charge in [0.05, 0.1) is 12.1 Å². The van der Waals surface area contributed by atoms with Gasteiger partial charge in [-0.05, 0) is 31.7 Å². The van der Waals surface area contributed by atoms with Crippen LogP contribution in [-0.4, -0.2) is 30.4 Å². The number of piperidine rings is 1. The van der Waals surface area contributed by atoms with Crippen LogP contribution >= 0.6 is 12.4 Å². The fourth-order valence-electron chi connectivity index (χ4n) is 1.99. The number of halogens is 1. The maximum Gasteiger partial charge on any atom is 0.243 e. The molecule has 0 aromatic carbocycles. The molecule has 0 aromatic heterocycles. The SMILES string of the molecule is CC(C)C[C@H](N)C(=O)NC(=O)C1CCCCN1.Cl. The summed E-state index contributed by atoms with van der Waals surface area (Å²) in [5.74, 6) is -0.261. The van der Waals surface area contributed by atoms with Crippen molar-refractivity contribution in [2.24, 2.45) is 11.7 Å². The zero-order chi connectivity index (χ0) is 12.8. The van der Waals surface area contributed by atoms with Gasteiger partial charge in [0.15, 0.2) is 0 Å². The lowest BCUT2D eigenvalue weighted by atomic mass is 10.0. The predicted octanol–water partition coefficient (Wildman–Crippen LogP) is 0.566. The standard InChI is InChI=1S/C12H23N3O2.ClH/c1-8(2)7-9(13)11(16)15-12(17)10-5-3-4-6-14-10;/h8-10,14H,3-7,13H2,1-2H3,(H,15,16,17);1H/t9-,10?;/m0./s1. The number of nitrogens with one attached hydrogen (secondary N) is 2. The number of carbonyl (C=O) groups is 2. The van der Waals surface area contributed by atoms with E-state index in [9.17, 15) is 9.59 Å². The molecule has 1 rings (SSSR count). The lowest BCUT2D eigenvalue weighted by molar-refractivity contribution is -0.132. The summed E-state index contributed by atoms with van der Waals surface area (Å²) in [6, 6.07) is -0.832. The van der Waals surface area contributed by atoms with E-state index in [0.29, 0.717) is 12.3 Å². The van der Waals surface area contributed by atoms with Crippen LogP contribution in [-0.2, 0) is 9.59 Å². The minimum atomic E-state index is -0.595. The summed E-state index contributed by atoms with van der Waals surface area (Å²) in [5, 5.41) is 5.49.